The molecule has 1 heterocycles. The SMILES string of the molecule is Cc1cccc(CC(CN)c2nnc(C3CC3)o2)c1. The van der Waals surface area contributed by atoms with Crippen LogP contribution in [0.5, 0.6) is 0 Å². The first-order valence-corrected chi connectivity index (χ1v) is 6.85. The molecule has 2 aromatic rings. The zero-order valence-electron chi connectivity index (χ0n) is 11.2. The molecule has 1 atom stereocenters. The fraction of sp³-hybridized carbons (Fsp3) is 0.467. The Hall–Kier alpha value is -1.68. The van der Waals surface area contributed by atoms with Crippen molar-refractivity contribution < 1.29 is 4.42 Å². The molecular weight excluding hydrogens is 238 g/mol. The first-order valence-electron chi connectivity index (χ1n) is 6.85. The highest BCUT2D eigenvalue weighted by Crippen LogP contribution is 2.39. The zero-order valence-corrected chi connectivity index (χ0v) is 11.2. The fourth-order valence-electron chi connectivity index (χ4n) is 2.30. The van der Waals surface area contributed by atoms with Crippen molar-refractivity contribution in [1.82, 2.24) is 10.2 Å². The maximum Gasteiger partial charge on any atom is 0.221 e. The van der Waals surface area contributed by atoms with Crippen LogP contribution in [0.25, 0.3) is 0 Å². The van der Waals surface area contributed by atoms with Crippen molar-refractivity contribution in [1.29, 1.82) is 0 Å². The Morgan fingerprint density at radius 1 is 1.37 bits per heavy atom. The summed E-state index contributed by atoms with van der Waals surface area (Å²) in [6, 6.07) is 8.47. The van der Waals surface area contributed by atoms with Gasteiger partial charge in [-0.05, 0) is 31.7 Å². The average Bonchev–Trinajstić information content (AvgIpc) is 3.15. The molecule has 100 valence electrons. The molecule has 2 N–H and O–H groups in total. The number of aryl methyl sites for hydroxylation is 1. The largest absolute Gasteiger partial charge is 0.425 e. The van der Waals surface area contributed by atoms with Gasteiger partial charge in [0.05, 0.1) is 5.92 Å². The van der Waals surface area contributed by atoms with Gasteiger partial charge in [-0.2, -0.15) is 0 Å². The fourth-order valence-corrected chi connectivity index (χ4v) is 2.30. The van der Waals surface area contributed by atoms with Crippen LogP contribution in [0.3, 0.4) is 0 Å². The van der Waals surface area contributed by atoms with E-state index < -0.39 is 0 Å². The van der Waals surface area contributed by atoms with E-state index in [9.17, 15) is 0 Å². The number of nitrogens with zero attached hydrogens (tertiary/aromatic N) is 2. The molecule has 3 rings (SSSR count). The summed E-state index contributed by atoms with van der Waals surface area (Å²) in [6.07, 6.45) is 3.20. The lowest BCUT2D eigenvalue weighted by Gasteiger charge is -2.10. The Kier molecular flexibility index (Phi) is 3.34. The molecule has 1 aromatic carbocycles. The van der Waals surface area contributed by atoms with Gasteiger partial charge in [-0.15, -0.1) is 10.2 Å². The van der Waals surface area contributed by atoms with Crippen LogP contribution in [-0.2, 0) is 6.42 Å². The molecule has 4 heteroatoms. The summed E-state index contributed by atoms with van der Waals surface area (Å²) in [5.74, 6) is 2.09. The van der Waals surface area contributed by atoms with Crippen LogP contribution in [0.4, 0.5) is 0 Å². The summed E-state index contributed by atoms with van der Waals surface area (Å²) < 4.78 is 5.76. The minimum Gasteiger partial charge on any atom is -0.425 e. The summed E-state index contributed by atoms with van der Waals surface area (Å²) in [5.41, 5.74) is 8.39. The Labute approximate surface area is 113 Å². The molecule has 19 heavy (non-hydrogen) atoms. The van der Waals surface area contributed by atoms with Gasteiger partial charge in [0.1, 0.15) is 0 Å². The van der Waals surface area contributed by atoms with E-state index in [4.69, 9.17) is 10.2 Å². The molecule has 0 spiro atoms. The van der Waals surface area contributed by atoms with Crippen LogP contribution in [0.2, 0.25) is 0 Å². The van der Waals surface area contributed by atoms with E-state index in [2.05, 4.69) is 41.4 Å². The van der Waals surface area contributed by atoms with Crippen molar-refractivity contribution in [3.63, 3.8) is 0 Å². The summed E-state index contributed by atoms with van der Waals surface area (Å²) in [5, 5.41) is 8.30. The minimum atomic E-state index is 0.113. The Morgan fingerprint density at radius 3 is 2.89 bits per heavy atom. The number of rotatable bonds is 5. The highest BCUT2D eigenvalue weighted by molar-refractivity contribution is 5.23. The van der Waals surface area contributed by atoms with Gasteiger partial charge >= 0.3 is 0 Å². The van der Waals surface area contributed by atoms with E-state index in [1.54, 1.807) is 0 Å². The van der Waals surface area contributed by atoms with Crippen molar-refractivity contribution in [2.45, 2.75) is 38.0 Å². The topological polar surface area (TPSA) is 64.9 Å². The molecule has 0 bridgehead atoms. The molecular formula is C15H19N3O. The van der Waals surface area contributed by atoms with Crippen molar-refractivity contribution >= 4 is 0 Å². The molecule has 0 saturated heterocycles. The predicted molar refractivity (Wildman–Crippen MR) is 73.0 cm³/mol. The third-order valence-corrected chi connectivity index (χ3v) is 3.58. The van der Waals surface area contributed by atoms with Crippen LogP contribution in [0.15, 0.2) is 28.7 Å². The Bertz CT molecular complexity index is 560. The van der Waals surface area contributed by atoms with E-state index in [1.165, 1.54) is 24.0 Å². The second kappa shape index (κ2) is 5.13. The lowest BCUT2D eigenvalue weighted by atomic mass is 9.98. The smallest absolute Gasteiger partial charge is 0.221 e. The third-order valence-electron chi connectivity index (χ3n) is 3.58. The highest BCUT2D eigenvalue weighted by atomic mass is 16.4. The molecule has 0 amide bonds. The molecule has 1 aliphatic rings. The lowest BCUT2D eigenvalue weighted by Crippen LogP contribution is -2.15. The van der Waals surface area contributed by atoms with E-state index in [0.29, 0.717) is 18.4 Å². The molecule has 1 aromatic heterocycles. The van der Waals surface area contributed by atoms with Gasteiger partial charge in [0.2, 0.25) is 11.8 Å². The quantitative estimate of drug-likeness (QED) is 0.894. The van der Waals surface area contributed by atoms with Gasteiger partial charge in [0.15, 0.2) is 0 Å². The van der Waals surface area contributed by atoms with E-state index in [1.807, 2.05) is 0 Å². The van der Waals surface area contributed by atoms with E-state index in [-0.39, 0.29) is 5.92 Å². The van der Waals surface area contributed by atoms with Gasteiger partial charge in [-0.25, -0.2) is 0 Å². The van der Waals surface area contributed by atoms with E-state index in [0.717, 1.165) is 12.3 Å². The van der Waals surface area contributed by atoms with Gasteiger partial charge in [-0.1, -0.05) is 29.8 Å². The van der Waals surface area contributed by atoms with Gasteiger partial charge < -0.3 is 10.2 Å². The summed E-state index contributed by atoms with van der Waals surface area (Å²) in [4.78, 5) is 0. The maximum atomic E-state index is 5.86. The van der Waals surface area contributed by atoms with Crippen molar-refractivity contribution in [2.75, 3.05) is 6.54 Å². The monoisotopic (exact) mass is 257 g/mol. The number of hydrogen-bond acceptors (Lipinski definition) is 4. The van der Waals surface area contributed by atoms with Crippen molar-refractivity contribution in [2.24, 2.45) is 5.73 Å². The number of aromatic nitrogens is 2. The molecule has 1 aliphatic carbocycles. The summed E-state index contributed by atoms with van der Waals surface area (Å²) >= 11 is 0. The number of benzene rings is 1. The van der Waals surface area contributed by atoms with Crippen LogP contribution < -0.4 is 5.73 Å². The third kappa shape index (κ3) is 2.84. The average molecular weight is 257 g/mol. The second-order valence-corrected chi connectivity index (χ2v) is 5.38. The molecule has 0 radical (unpaired) electrons. The van der Waals surface area contributed by atoms with Gasteiger partial charge in [0, 0.05) is 12.5 Å². The van der Waals surface area contributed by atoms with Gasteiger partial charge in [-0.3, -0.25) is 0 Å². The van der Waals surface area contributed by atoms with Crippen LogP contribution in [0, 0.1) is 6.92 Å². The molecule has 0 aliphatic heterocycles. The first-order chi connectivity index (χ1) is 9.26. The lowest BCUT2D eigenvalue weighted by molar-refractivity contribution is 0.415. The van der Waals surface area contributed by atoms with Crippen LogP contribution >= 0.6 is 0 Å². The number of hydrogen-bond donors (Lipinski definition) is 1. The summed E-state index contributed by atoms with van der Waals surface area (Å²) in [7, 11) is 0. The molecule has 4 nitrogen and oxygen atoms in total. The van der Waals surface area contributed by atoms with Gasteiger partial charge in [0.25, 0.3) is 0 Å². The van der Waals surface area contributed by atoms with Crippen molar-refractivity contribution in [3.05, 3.63) is 47.2 Å². The predicted octanol–water partition coefficient (Wildman–Crippen LogP) is 2.54. The van der Waals surface area contributed by atoms with Crippen molar-refractivity contribution in [3.8, 4) is 0 Å². The van der Waals surface area contributed by atoms with E-state index >= 15 is 0 Å². The van der Waals surface area contributed by atoms with Crippen LogP contribution in [0.1, 0.15) is 47.6 Å². The maximum absolute atomic E-state index is 5.86. The van der Waals surface area contributed by atoms with Crippen LogP contribution in [-0.4, -0.2) is 16.7 Å². The molecule has 1 unspecified atom stereocenters. The first kappa shape index (κ1) is 12.4. The summed E-state index contributed by atoms with van der Waals surface area (Å²) in [6.45, 7) is 2.62. The minimum absolute atomic E-state index is 0.113. The Balaban J connectivity index is 1.75. The Morgan fingerprint density at radius 2 is 2.21 bits per heavy atom. The highest BCUT2D eigenvalue weighted by Gasteiger charge is 2.30. The zero-order chi connectivity index (χ0) is 13.2. The molecule has 1 saturated carbocycles. The standard InChI is InChI=1S/C15H19N3O/c1-10-3-2-4-11(7-10)8-13(9-16)15-18-17-14(19-15)12-5-6-12/h2-4,7,12-13H,5-6,8-9,16H2,1H3. The molecule has 1 fully saturated rings. The second-order valence-electron chi connectivity index (χ2n) is 5.38. The number of nitrogens with two attached hydrogens (primary N) is 1. The normalized spacial score (nSPS) is 16.5.